The third-order valence-corrected chi connectivity index (χ3v) is 3.19. The summed E-state index contributed by atoms with van der Waals surface area (Å²) in [5, 5.41) is 13.2. The quantitative estimate of drug-likeness (QED) is 0.669. The maximum Gasteiger partial charge on any atom is 0.0743 e. The number of hydrogen-bond acceptors (Lipinski definition) is 4. The number of hydrogen-bond donors (Lipinski definition) is 3. The number of aliphatic hydroxyl groups excluding tert-OH is 1. The summed E-state index contributed by atoms with van der Waals surface area (Å²) in [6, 6.07) is 7.99. The molecule has 0 saturated heterocycles. The number of nitrogens with zero attached hydrogens (tertiary/aromatic N) is 1. The van der Waals surface area contributed by atoms with Crippen LogP contribution in [0.5, 0.6) is 0 Å². The zero-order chi connectivity index (χ0) is 13.5. The van der Waals surface area contributed by atoms with Gasteiger partial charge in [0.05, 0.1) is 23.1 Å². The van der Waals surface area contributed by atoms with Crippen molar-refractivity contribution in [1.82, 2.24) is 4.98 Å². The Morgan fingerprint density at radius 1 is 1.11 bits per heavy atom. The van der Waals surface area contributed by atoms with Crippen molar-refractivity contribution in [1.29, 1.82) is 0 Å². The SMILES string of the molecule is Nc1cnc2ccccc2c1NCCCCCCO. The van der Waals surface area contributed by atoms with Crippen molar-refractivity contribution >= 4 is 22.3 Å². The molecule has 1 heterocycles. The minimum atomic E-state index is 0.287. The zero-order valence-corrected chi connectivity index (χ0v) is 11.1. The summed E-state index contributed by atoms with van der Waals surface area (Å²) in [7, 11) is 0. The van der Waals surface area contributed by atoms with E-state index in [0.717, 1.165) is 48.8 Å². The van der Waals surface area contributed by atoms with Crippen LogP contribution >= 0.6 is 0 Å². The van der Waals surface area contributed by atoms with Crippen molar-refractivity contribution in [3.63, 3.8) is 0 Å². The van der Waals surface area contributed by atoms with Crippen LogP contribution in [-0.2, 0) is 0 Å². The Morgan fingerprint density at radius 3 is 2.74 bits per heavy atom. The molecule has 1 aromatic carbocycles. The van der Waals surface area contributed by atoms with E-state index in [4.69, 9.17) is 10.8 Å². The Kier molecular flexibility index (Phi) is 4.98. The number of aliphatic hydroxyl groups is 1. The lowest BCUT2D eigenvalue weighted by molar-refractivity contribution is 0.283. The molecule has 0 fully saturated rings. The van der Waals surface area contributed by atoms with Crippen LogP contribution in [0.3, 0.4) is 0 Å². The summed E-state index contributed by atoms with van der Waals surface area (Å²) >= 11 is 0. The molecular weight excluding hydrogens is 238 g/mol. The highest BCUT2D eigenvalue weighted by molar-refractivity contribution is 5.96. The average Bonchev–Trinajstić information content (AvgIpc) is 2.44. The van der Waals surface area contributed by atoms with Gasteiger partial charge in [0.15, 0.2) is 0 Å². The van der Waals surface area contributed by atoms with Gasteiger partial charge in [-0.1, -0.05) is 31.0 Å². The fraction of sp³-hybridized carbons (Fsp3) is 0.400. The second-order valence-electron chi connectivity index (χ2n) is 4.67. The van der Waals surface area contributed by atoms with Crippen LogP contribution in [0.1, 0.15) is 25.7 Å². The number of unbranched alkanes of at least 4 members (excludes halogenated alkanes) is 3. The van der Waals surface area contributed by atoms with Crippen molar-refractivity contribution < 1.29 is 5.11 Å². The summed E-state index contributed by atoms with van der Waals surface area (Å²) in [6.45, 7) is 1.18. The third kappa shape index (κ3) is 3.58. The lowest BCUT2D eigenvalue weighted by Gasteiger charge is -2.12. The van der Waals surface area contributed by atoms with Gasteiger partial charge < -0.3 is 16.2 Å². The van der Waals surface area contributed by atoms with E-state index >= 15 is 0 Å². The first kappa shape index (κ1) is 13.6. The topological polar surface area (TPSA) is 71.2 Å². The molecule has 2 rings (SSSR count). The van der Waals surface area contributed by atoms with E-state index in [1.165, 1.54) is 0 Å². The molecule has 0 bridgehead atoms. The minimum absolute atomic E-state index is 0.287. The van der Waals surface area contributed by atoms with Gasteiger partial charge in [-0.3, -0.25) is 4.98 Å². The number of fused-ring (bicyclic) bond motifs is 1. The molecule has 0 aliphatic heterocycles. The molecule has 4 heteroatoms. The number of nitrogen functional groups attached to an aromatic ring is 1. The zero-order valence-electron chi connectivity index (χ0n) is 11.1. The molecule has 4 N–H and O–H groups in total. The number of anilines is 2. The number of aromatic nitrogens is 1. The second kappa shape index (κ2) is 6.95. The maximum absolute atomic E-state index is 8.72. The average molecular weight is 259 g/mol. The molecule has 4 nitrogen and oxygen atoms in total. The molecule has 0 unspecified atom stereocenters. The fourth-order valence-corrected chi connectivity index (χ4v) is 2.16. The highest BCUT2D eigenvalue weighted by atomic mass is 16.2. The first-order valence-corrected chi connectivity index (χ1v) is 6.81. The van der Waals surface area contributed by atoms with Gasteiger partial charge in [-0.2, -0.15) is 0 Å². The van der Waals surface area contributed by atoms with Gasteiger partial charge in [-0.05, 0) is 18.9 Å². The van der Waals surface area contributed by atoms with Crippen LogP contribution in [-0.4, -0.2) is 23.2 Å². The molecule has 102 valence electrons. The van der Waals surface area contributed by atoms with E-state index in [-0.39, 0.29) is 6.61 Å². The Hall–Kier alpha value is -1.81. The summed E-state index contributed by atoms with van der Waals surface area (Å²) in [6.07, 6.45) is 5.87. The van der Waals surface area contributed by atoms with E-state index in [2.05, 4.69) is 10.3 Å². The van der Waals surface area contributed by atoms with Crippen LogP contribution < -0.4 is 11.1 Å². The molecular formula is C15H21N3O. The van der Waals surface area contributed by atoms with Crippen molar-refractivity contribution in [3.05, 3.63) is 30.5 Å². The summed E-state index contributed by atoms with van der Waals surface area (Å²) in [4.78, 5) is 4.32. The minimum Gasteiger partial charge on any atom is -0.396 e. The third-order valence-electron chi connectivity index (χ3n) is 3.19. The molecule has 0 spiro atoms. The number of nitrogens with two attached hydrogens (primary N) is 1. The van der Waals surface area contributed by atoms with Crippen LogP contribution in [0.4, 0.5) is 11.4 Å². The van der Waals surface area contributed by atoms with Crippen molar-refractivity contribution in [2.45, 2.75) is 25.7 Å². The van der Waals surface area contributed by atoms with E-state index < -0.39 is 0 Å². The smallest absolute Gasteiger partial charge is 0.0743 e. The van der Waals surface area contributed by atoms with Crippen molar-refractivity contribution in [3.8, 4) is 0 Å². The Balaban J connectivity index is 1.98. The lowest BCUT2D eigenvalue weighted by Crippen LogP contribution is -2.05. The Bertz CT molecular complexity index is 528. The summed E-state index contributed by atoms with van der Waals surface area (Å²) in [5.74, 6) is 0. The van der Waals surface area contributed by atoms with Gasteiger partial charge >= 0.3 is 0 Å². The van der Waals surface area contributed by atoms with Crippen molar-refractivity contribution in [2.24, 2.45) is 0 Å². The van der Waals surface area contributed by atoms with Gasteiger partial charge in [-0.15, -0.1) is 0 Å². The predicted molar refractivity (Wildman–Crippen MR) is 80.2 cm³/mol. The standard InChI is InChI=1S/C15H21N3O/c16-13-11-18-14-8-4-3-7-12(14)15(13)17-9-5-1-2-6-10-19/h3-4,7-8,11,19H,1-2,5-6,9-10,16H2,(H,17,18). The molecule has 2 aromatic rings. The van der Waals surface area contributed by atoms with Gasteiger partial charge in [0, 0.05) is 18.5 Å². The van der Waals surface area contributed by atoms with Crippen molar-refractivity contribution in [2.75, 3.05) is 24.2 Å². The number of benzene rings is 1. The van der Waals surface area contributed by atoms with Gasteiger partial charge in [0.25, 0.3) is 0 Å². The lowest BCUT2D eigenvalue weighted by atomic mass is 10.1. The Morgan fingerprint density at radius 2 is 1.89 bits per heavy atom. The Labute approximate surface area is 113 Å². The van der Waals surface area contributed by atoms with E-state index in [0.29, 0.717) is 5.69 Å². The first-order chi connectivity index (χ1) is 9.33. The van der Waals surface area contributed by atoms with Crippen LogP contribution in [0.15, 0.2) is 30.5 Å². The molecule has 0 atom stereocenters. The largest absolute Gasteiger partial charge is 0.396 e. The molecule has 0 aliphatic rings. The number of nitrogens with one attached hydrogen (secondary N) is 1. The summed E-state index contributed by atoms with van der Waals surface area (Å²) in [5.41, 5.74) is 8.62. The first-order valence-electron chi connectivity index (χ1n) is 6.81. The van der Waals surface area contributed by atoms with E-state index in [9.17, 15) is 0 Å². The van der Waals surface area contributed by atoms with Crippen LogP contribution in [0, 0.1) is 0 Å². The molecule has 0 aliphatic carbocycles. The van der Waals surface area contributed by atoms with Crippen LogP contribution in [0.25, 0.3) is 10.9 Å². The normalized spacial score (nSPS) is 10.8. The monoisotopic (exact) mass is 259 g/mol. The van der Waals surface area contributed by atoms with Gasteiger partial charge in [-0.25, -0.2) is 0 Å². The van der Waals surface area contributed by atoms with Gasteiger partial charge in [0.2, 0.25) is 0 Å². The fourth-order valence-electron chi connectivity index (χ4n) is 2.16. The second-order valence-corrected chi connectivity index (χ2v) is 4.67. The highest BCUT2D eigenvalue weighted by Crippen LogP contribution is 2.27. The van der Waals surface area contributed by atoms with E-state index in [1.807, 2.05) is 24.3 Å². The predicted octanol–water partition coefficient (Wildman–Crippen LogP) is 2.78. The van der Waals surface area contributed by atoms with E-state index in [1.54, 1.807) is 6.20 Å². The summed E-state index contributed by atoms with van der Waals surface area (Å²) < 4.78 is 0. The maximum atomic E-state index is 8.72. The molecule has 19 heavy (non-hydrogen) atoms. The van der Waals surface area contributed by atoms with Crippen LogP contribution in [0.2, 0.25) is 0 Å². The molecule has 0 amide bonds. The number of para-hydroxylation sites is 1. The van der Waals surface area contributed by atoms with Gasteiger partial charge in [0.1, 0.15) is 0 Å². The number of pyridine rings is 1. The molecule has 0 saturated carbocycles. The molecule has 0 radical (unpaired) electrons. The highest BCUT2D eigenvalue weighted by Gasteiger charge is 2.05. The molecule has 1 aromatic heterocycles. The number of rotatable bonds is 7.